The predicted molar refractivity (Wildman–Crippen MR) is 131 cm³/mol. The highest BCUT2D eigenvalue weighted by Crippen LogP contribution is 2.32. The molecule has 10 heteroatoms. The number of rotatable bonds is 4. The van der Waals surface area contributed by atoms with Crippen molar-refractivity contribution in [1.29, 1.82) is 5.41 Å². The summed E-state index contributed by atoms with van der Waals surface area (Å²) in [4.78, 5) is 33.1. The van der Waals surface area contributed by atoms with E-state index in [1.165, 1.54) is 28.9 Å². The molecule has 1 aromatic heterocycles. The topological polar surface area (TPSA) is 108 Å². The fourth-order valence-corrected chi connectivity index (χ4v) is 4.30. The van der Waals surface area contributed by atoms with Gasteiger partial charge < -0.3 is 4.74 Å². The first-order chi connectivity index (χ1) is 16.5. The van der Waals surface area contributed by atoms with Crippen molar-refractivity contribution in [1.82, 2.24) is 9.99 Å². The Morgan fingerprint density at radius 1 is 1.12 bits per heavy atom. The molecule has 2 aliphatic rings. The summed E-state index contributed by atoms with van der Waals surface area (Å²) in [6.07, 6.45) is 4.81. The number of thioether (sulfide) groups is 1. The number of nitrogens with zero attached hydrogens (tertiary/aromatic N) is 4. The smallest absolute Gasteiger partial charge is 0.343 e. The van der Waals surface area contributed by atoms with Gasteiger partial charge in [-0.1, -0.05) is 35.9 Å². The van der Waals surface area contributed by atoms with Crippen molar-refractivity contribution < 1.29 is 14.3 Å². The summed E-state index contributed by atoms with van der Waals surface area (Å²) < 4.78 is 5.37. The molecule has 0 fully saturated rings. The van der Waals surface area contributed by atoms with Crippen molar-refractivity contribution in [2.24, 2.45) is 10.1 Å². The Morgan fingerprint density at radius 2 is 1.94 bits per heavy atom. The fourth-order valence-electron chi connectivity index (χ4n) is 3.19. The average Bonchev–Trinajstić information content (AvgIpc) is 3.28. The predicted octanol–water partition coefficient (Wildman–Crippen LogP) is 4.62. The normalized spacial score (nSPS) is 16.3. The molecule has 0 radical (unpaired) electrons. The van der Waals surface area contributed by atoms with E-state index in [2.05, 4.69) is 15.1 Å². The number of aromatic nitrogens is 1. The number of pyridine rings is 1. The van der Waals surface area contributed by atoms with Crippen LogP contribution in [0.5, 0.6) is 5.75 Å². The summed E-state index contributed by atoms with van der Waals surface area (Å²) in [6, 6.07) is 16.9. The van der Waals surface area contributed by atoms with Gasteiger partial charge in [0.1, 0.15) is 10.8 Å². The van der Waals surface area contributed by atoms with Gasteiger partial charge in [-0.25, -0.2) is 4.79 Å². The van der Waals surface area contributed by atoms with Gasteiger partial charge in [0.15, 0.2) is 5.84 Å². The molecular formula is C24H14ClN5O3S. The maximum atomic E-state index is 12.6. The zero-order valence-electron chi connectivity index (χ0n) is 17.3. The molecule has 0 unspecified atom stereocenters. The Balaban J connectivity index is 1.38. The zero-order chi connectivity index (χ0) is 23.7. The minimum atomic E-state index is -0.554. The van der Waals surface area contributed by atoms with Crippen LogP contribution >= 0.6 is 23.4 Å². The van der Waals surface area contributed by atoms with E-state index >= 15 is 0 Å². The van der Waals surface area contributed by atoms with E-state index in [4.69, 9.17) is 21.7 Å². The number of aliphatic imine (C=N–C) groups is 1. The Morgan fingerprint density at radius 3 is 2.68 bits per heavy atom. The number of ether oxygens (including phenoxy) is 1. The molecule has 5 rings (SSSR count). The SMILES string of the molecule is N=C1/C(=C/c2ccc(OC(=O)c3ccccc3)c(Cl)c2)C(=O)N=C2SC(c3cccnc3)=NN12. The standard InChI is InChI=1S/C24H14ClN5O3S/c25-18-12-14(8-9-19(18)33-23(32)15-5-2-1-3-6-15)11-17-20(26)30-24(28-21(17)31)34-22(29-30)16-7-4-10-27-13-16/h1-13,26H/b17-11-,26-20?. The van der Waals surface area contributed by atoms with E-state index in [1.807, 2.05) is 6.07 Å². The van der Waals surface area contributed by atoms with Crippen LogP contribution in [0, 0.1) is 5.41 Å². The maximum Gasteiger partial charge on any atom is 0.343 e. The number of amidine groups is 2. The van der Waals surface area contributed by atoms with Crippen LogP contribution in [0.15, 0.2) is 88.7 Å². The van der Waals surface area contributed by atoms with E-state index in [0.717, 1.165) is 5.56 Å². The number of hydrazone groups is 1. The Labute approximate surface area is 203 Å². The number of halogens is 1. The van der Waals surface area contributed by atoms with Gasteiger partial charge in [-0.05, 0) is 59.8 Å². The van der Waals surface area contributed by atoms with Crippen LogP contribution in [-0.4, -0.2) is 37.9 Å². The number of esters is 1. The number of amides is 1. The molecule has 3 heterocycles. The van der Waals surface area contributed by atoms with Crippen LogP contribution in [0.1, 0.15) is 21.5 Å². The lowest BCUT2D eigenvalue weighted by molar-refractivity contribution is -0.114. The van der Waals surface area contributed by atoms with Gasteiger partial charge in [0.05, 0.1) is 16.2 Å². The van der Waals surface area contributed by atoms with Crippen LogP contribution < -0.4 is 4.74 Å². The van der Waals surface area contributed by atoms with Gasteiger partial charge >= 0.3 is 5.97 Å². The highest BCUT2D eigenvalue weighted by atomic mass is 35.5. The van der Waals surface area contributed by atoms with Crippen LogP contribution in [0.25, 0.3) is 6.08 Å². The number of carbonyl (C=O) groups is 2. The summed E-state index contributed by atoms with van der Waals surface area (Å²) in [5, 5.41) is 15.3. The van der Waals surface area contributed by atoms with Gasteiger partial charge in [0.2, 0.25) is 5.17 Å². The van der Waals surface area contributed by atoms with Crippen LogP contribution in [0.2, 0.25) is 5.02 Å². The van der Waals surface area contributed by atoms with Crippen molar-refractivity contribution in [2.45, 2.75) is 0 Å². The minimum Gasteiger partial charge on any atom is -0.421 e. The van der Waals surface area contributed by atoms with Crippen LogP contribution in [-0.2, 0) is 4.79 Å². The number of fused-ring (bicyclic) bond motifs is 1. The molecule has 0 spiro atoms. The molecule has 0 aliphatic carbocycles. The largest absolute Gasteiger partial charge is 0.421 e. The highest BCUT2D eigenvalue weighted by molar-refractivity contribution is 8.27. The quantitative estimate of drug-likeness (QED) is 0.327. The third kappa shape index (κ3) is 4.26. The molecule has 1 N–H and O–H groups in total. The van der Waals surface area contributed by atoms with Crippen molar-refractivity contribution in [3.8, 4) is 5.75 Å². The van der Waals surface area contributed by atoms with Gasteiger partial charge in [-0.2, -0.15) is 15.1 Å². The molecule has 0 atom stereocenters. The summed E-state index contributed by atoms with van der Waals surface area (Å²) in [6.45, 7) is 0. The Bertz CT molecular complexity index is 1420. The third-order valence-corrected chi connectivity index (χ3v) is 6.09. The first-order valence-electron chi connectivity index (χ1n) is 9.97. The summed E-state index contributed by atoms with van der Waals surface area (Å²) in [5.74, 6) is -1.00. The lowest BCUT2D eigenvalue weighted by Gasteiger charge is -2.20. The zero-order valence-corrected chi connectivity index (χ0v) is 18.9. The third-order valence-electron chi connectivity index (χ3n) is 4.84. The molecule has 0 saturated heterocycles. The van der Waals surface area contributed by atoms with E-state index in [0.29, 0.717) is 21.3 Å². The number of hydrogen-bond donors (Lipinski definition) is 1. The molecule has 8 nitrogen and oxygen atoms in total. The fraction of sp³-hybridized carbons (Fsp3) is 0. The van der Waals surface area contributed by atoms with E-state index < -0.39 is 11.9 Å². The lowest BCUT2D eigenvalue weighted by atomic mass is 10.1. The van der Waals surface area contributed by atoms with Crippen LogP contribution in [0.4, 0.5) is 0 Å². The number of nitrogens with one attached hydrogen (secondary N) is 1. The molecule has 34 heavy (non-hydrogen) atoms. The van der Waals surface area contributed by atoms with Crippen LogP contribution in [0.3, 0.4) is 0 Å². The molecule has 0 bridgehead atoms. The first-order valence-corrected chi connectivity index (χ1v) is 11.2. The van der Waals surface area contributed by atoms with Crippen molar-refractivity contribution in [2.75, 3.05) is 0 Å². The maximum absolute atomic E-state index is 12.6. The molecule has 1 amide bonds. The van der Waals surface area contributed by atoms with Crippen molar-refractivity contribution in [3.63, 3.8) is 0 Å². The van der Waals surface area contributed by atoms with E-state index in [-0.39, 0.29) is 22.2 Å². The molecule has 3 aromatic rings. The average molecular weight is 488 g/mol. The monoisotopic (exact) mass is 487 g/mol. The number of carbonyl (C=O) groups excluding carboxylic acids is 2. The summed E-state index contributed by atoms with van der Waals surface area (Å²) in [7, 11) is 0. The van der Waals surface area contributed by atoms with Crippen molar-refractivity contribution >= 4 is 57.4 Å². The van der Waals surface area contributed by atoms with E-state index in [9.17, 15) is 9.59 Å². The van der Waals surface area contributed by atoms with E-state index in [1.54, 1.807) is 60.9 Å². The first kappa shape index (κ1) is 21.7. The van der Waals surface area contributed by atoms with Crippen molar-refractivity contribution in [3.05, 3.63) is 100 Å². The molecular weight excluding hydrogens is 474 g/mol. The molecule has 0 saturated carbocycles. The molecule has 166 valence electrons. The van der Waals surface area contributed by atoms with Gasteiger partial charge in [-0.3, -0.25) is 15.2 Å². The Kier molecular flexibility index (Phi) is 5.79. The Hall–Kier alpha value is -4.08. The van der Waals surface area contributed by atoms with Gasteiger partial charge in [0.25, 0.3) is 5.91 Å². The van der Waals surface area contributed by atoms with Gasteiger partial charge in [0, 0.05) is 18.0 Å². The highest BCUT2D eigenvalue weighted by Gasteiger charge is 2.36. The van der Waals surface area contributed by atoms with Gasteiger partial charge in [-0.15, -0.1) is 0 Å². The second-order valence-corrected chi connectivity index (χ2v) is 8.48. The molecule has 2 aromatic carbocycles. The molecule has 2 aliphatic heterocycles. The number of benzene rings is 2. The minimum absolute atomic E-state index is 0.0608. The second kappa shape index (κ2) is 9.05. The summed E-state index contributed by atoms with van der Waals surface area (Å²) >= 11 is 7.51. The lowest BCUT2D eigenvalue weighted by Crippen LogP contribution is -2.35. The second-order valence-electron chi connectivity index (χ2n) is 7.11. The summed E-state index contributed by atoms with van der Waals surface area (Å²) in [5.41, 5.74) is 1.77. The number of hydrogen-bond acceptors (Lipinski definition) is 7.